The number of hydrogen-bond acceptors (Lipinski definition) is 12. The molecule has 0 saturated carbocycles. The van der Waals surface area contributed by atoms with E-state index in [2.05, 4.69) is 30.3 Å². The molecule has 0 spiro atoms. The van der Waals surface area contributed by atoms with Crippen LogP contribution in [0.3, 0.4) is 0 Å². The summed E-state index contributed by atoms with van der Waals surface area (Å²) in [4.78, 5) is 53.1. The minimum absolute atomic E-state index is 0.00731. The molecule has 0 saturated heterocycles. The average molecular weight is 491 g/mol. The van der Waals surface area contributed by atoms with Gasteiger partial charge in [-0.05, 0) is 18.2 Å². The lowest BCUT2D eigenvalue weighted by Gasteiger charge is -2.11. The number of nitrogens with zero attached hydrogens (tertiary/aromatic N) is 3. The number of methoxy groups -OCH3 is 2. The molecular weight excluding hydrogens is 474 g/mol. The summed E-state index contributed by atoms with van der Waals surface area (Å²) in [7, 11) is 2.87. The van der Waals surface area contributed by atoms with Crippen LogP contribution in [-0.4, -0.2) is 51.8 Å². The van der Waals surface area contributed by atoms with E-state index in [0.29, 0.717) is 11.5 Å². The van der Waals surface area contributed by atoms with Crippen LogP contribution in [0.25, 0.3) is 0 Å². The molecule has 0 aliphatic rings. The van der Waals surface area contributed by atoms with Gasteiger partial charge >= 0.3 is 5.88 Å². The molecule has 3 rings (SSSR count). The summed E-state index contributed by atoms with van der Waals surface area (Å²) in [5, 5.41) is 18.6. The Hall–Kier alpha value is -4.60. The maximum atomic E-state index is 12.5. The number of carbonyl (C=O) groups is 2. The van der Waals surface area contributed by atoms with Gasteiger partial charge in [0.1, 0.15) is 16.7 Å². The molecule has 1 aromatic carbocycles. The van der Waals surface area contributed by atoms with Crippen molar-refractivity contribution in [2.24, 2.45) is 0 Å². The summed E-state index contributed by atoms with van der Waals surface area (Å²) in [5.74, 6) is -1.78. The van der Waals surface area contributed by atoms with E-state index < -0.39 is 28.2 Å². The Balaban J connectivity index is 1.65. The van der Waals surface area contributed by atoms with Gasteiger partial charge in [0.15, 0.2) is 28.3 Å². The molecule has 2 aromatic heterocycles. The van der Waals surface area contributed by atoms with E-state index in [9.17, 15) is 24.5 Å². The highest BCUT2D eigenvalue weighted by Gasteiger charge is 2.18. The number of H-pyrrole nitrogens is 1. The molecule has 2 heterocycles. The van der Waals surface area contributed by atoms with Gasteiger partial charge in [-0.2, -0.15) is 0 Å². The molecule has 0 bridgehead atoms. The van der Waals surface area contributed by atoms with Crippen LogP contribution in [0.2, 0.25) is 0 Å². The normalized spacial score (nSPS) is 10.4. The third-order valence-electron chi connectivity index (χ3n) is 4.10. The van der Waals surface area contributed by atoms with Crippen molar-refractivity contribution in [2.75, 3.05) is 36.3 Å². The van der Waals surface area contributed by atoms with Crippen LogP contribution in [0.4, 0.5) is 23.2 Å². The number of ether oxygens (including phenoxy) is 2. The molecule has 5 N–H and O–H groups in total. The highest BCUT2D eigenvalue weighted by molar-refractivity contribution is 7.99. The number of nitrogen functional groups attached to an aromatic ring is 1. The first kappa shape index (κ1) is 24.1. The van der Waals surface area contributed by atoms with Gasteiger partial charge in [-0.3, -0.25) is 34.0 Å². The van der Waals surface area contributed by atoms with Crippen LogP contribution in [-0.2, 0) is 4.79 Å². The monoisotopic (exact) mass is 491 g/mol. The second-order valence-electron chi connectivity index (χ2n) is 6.30. The predicted octanol–water partition coefficient (Wildman–Crippen LogP) is 1.25. The number of nitrogens with one attached hydrogen (secondary N) is 3. The Kier molecular flexibility index (Phi) is 7.32. The van der Waals surface area contributed by atoms with Crippen LogP contribution in [0.1, 0.15) is 10.4 Å². The van der Waals surface area contributed by atoms with E-state index in [1.807, 2.05) is 0 Å². The van der Waals surface area contributed by atoms with Crippen molar-refractivity contribution >= 4 is 46.8 Å². The minimum Gasteiger partial charge on any atom is -0.493 e. The number of aromatic nitrogens is 3. The van der Waals surface area contributed by atoms with E-state index in [1.165, 1.54) is 32.4 Å². The van der Waals surface area contributed by atoms with Gasteiger partial charge in [0, 0.05) is 5.56 Å². The number of hydrogen-bond donors (Lipinski definition) is 4. The SMILES string of the molecule is COc1ccc(C(=O)Nc2c(N)nc(SCC(=O)Nc3cc([N+](=O)[O-])on3)[nH]c2=O)cc1OC. The van der Waals surface area contributed by atoms with E-state index in [-0.39, 0.29) is 33.8 Å². The Morgan fingerprint density at radius 2 is 1.97 bits per heavy atom. The number of benzene rings is 1. The fraction of sp³-hybridized carbons (Fsp3) is 0.167. The predicted molar refractivity (Wildman–Crippen MR) is 119 cm³/mol. The third-order valence-corrected chi connectivity index (χ3v) is 4.97. The molecule has 0 aliphatic heterocycles. The summed E-state index contributed by atoms with van der Waals surface area (Å²) in [5.41, 5.74) is 4.99. The fourth-order valence-corrected chi connectivity index (χ4v) is 3.21. The smallest absolute Gasteiger partial charge is 0.457 e. The molecule has 0 atom stereocenters. The zero-order valence-corrected chi connectivity index (χ0v) is 18.4. The standard InChI is InChI=1S/C18H17N7O8S/c1-31-9-4-3-8(5-10(9)32-2)16(27)21-14-15(19)22-18(23-17(14)28)34-7-12(26)20-11-6-13(25(29)30)33-24-11/h3-6H,7H2,1-2H3,(H,21,27)(H,20,24,26)(H3,19,22,23,28). The summed E-state index contributed by atoms with van der Waals surface area (Å²) in [6.07, 6.45) is 0. The second kappa shape index (κ2) is 10.3. The van der Waals surface area contributed by atoms with Crippen molar-refractivity contribution in [1.29, 1.82) is 0 Å². The maximum absolute atomic E-state index is 12.5. The van der Waals surface area contributed by atoms with Gasteiger partial charge in [-0.1, -0.05) is 16.9 Å². The van der Waals surface area contributed by atoms with Crippen molar-refractivity contribution < 1.29 is 28.5 Å². The van der Waals surface area contributed by atoms with Crippen molar-refractivity contribution in [3.05, 3.63) is 50.3 Å². The number of rotatable bonds is 9. The molecule has 2 amide bonds. The lowest BCUT2D eigenvalue weighted by atomic mass is 10.2. The zero-order valence-electron chi connectivity index (χ0n) is 17.6. The Morgan fingerprint density at radius 3 is 2.59 bits per heavy atom. The summed E-state index contributed by atoms with van der Waals surface area (Å²) < 4.78 is 14.7. The van der Waals surface area contributed by atoms with E-state index >= 15 is 0 Å². The topological polar surface area (TPSA) is 218 Å². The van der Waals surface area contributed by atoms with Gasteiger partial charge in [0.2, 0.25) is 5.91 Å². The zero-order chi connectivity index (χ0) is 24.8. The molecule has 178 valence electrons. The Morgan fingerprint density at radius 1 is 1.24 bits per heavy atom. The molecule has 0 unspecified atom stereocenters. The van der Waals surface area contributed by atoms with E-state index in [1.54, 1.807) is 0 Å². The van der Waals surface area contributed by atoms with E-state index in [4.69, 9.17) is 15.2 Å². The minimum atomic E-state index is -0.805. The van der Waals surface area contributed by atoms with Crippen LogP contribution >= 0.6 is 11.8 Å². The Bertz CT molecular complexity index is 1310. The number of amides is 2. The Labute approximate surface area is 194 Å². The molecule has 3 aromatic rings. The first-order chi connectivity index (χ1) is 16.2. The van der Waals surface area contributed by atoms with Crippen molar-refractivity contribution in [3.8, 4) is 11.5 Å². The number of anilines is 3. The van der Waals surface area contributed by atoms with Crippen LogP contribution in [0.15, 0.2) is 38.7 Å². The molecular formula is C18H17N7O8S. The highest BCUT2D eigenvalue weighted by Crippen LogP contribution is 2.28. The molecule has 15 nitrogen and oxygen atoms in total. The first-order valence-corrected chi connectivity index (χ1v) is 10.2. The lowest BCUT2D eigenvalue weighted by Crippen LogP contribution is -2.23. The number of nitrogens with two attached hydrogens (primary N) is 1. The average Bonchev–Trinajstić information content (AvgIpc) is 3.28. The number of nitro groups is 1. The number of carbonyl (C=O) groups excluding carboxylic acids is 2. The largest absolute Gasteiger partial charge is 0.493 e. The molecule has 0 radical (unpaired) electrons. The third kappa shape index (κ3) is 5.60. The molecule has 0 fully saturated rings. The molecule has 16 heteroatoms. The maximum Gasteiger partial charge on any atom is 0.457 e. The summed E-state index contributed by atoms with van der Waals surface area (Å²) >= 11 is 0.828. The first-order valence-electron chi connectivity index (χ1n) is 9.18. The van der Waals surface area contributed by atoms with E-state index in [0.717, 1.165) is 17.8 Å². The molecule has 34 heavy (non-hydrogen) atoms. The quantitative estimate of drug-likeness (QED) is 0.144. The number of thioether (sulfide) groups is 1. The van der Waals surface area contributed by atoms with Crippen LogP contribution in [0.5, 0.6) is 11.5 Å². The summed E-state index contributed by atoms with van der Waals surface area (Å²) in [6, 6.07) is 5.37. The van der Waals surface area contributed by atoms with Crippen molar-refractivity contribution in [2.45, 2.75) is 5.16 Å². The van der Waals surface area contributed by atoms with Gasteiger partial charge in [0.25, 0.3) is 11.5 Å². The van der Waals surface area contributed by atoms with Crippen LogP contribution < -0.4 is 31.4 Å². The van der Waals surface area contributed by atoms with Crippen molar-refractivity contribution in [1.82, 2.24) is 15.1 Å². The summed E-state index contributed by atoms with van der Waals surface area (Å²) in [6.45, 7) is 0. The highest BCUT2D eigenvalue weighted by atomic mass is 32.2. The van der Waals surface area contributed by atoms with Crippen molar-refractivity contribution in [3.63, 3.8) is 0 Å². The van der Waals surface area contributed by atoms with Gasteiger partial charge in [-0.25, -0.2) is 4.98 Å². The lowest BCUT2D eigenvalue weighted by molar-refractivity contribution is -0.404. The van der Waals surface area contributed by atoms with Gasteiger partial charge in [0.05, 0.1) is 20.0 Å². The van der Waals surface area contributed by atoms with Gasteiger partial charge < -0.3 is 25.8 Å². The molecule has 0 aliphatic carbocycles. The fourth-order valence-electron chi connectivity index (χ4n) is 2.54. The second-order valence-corrected chi connectivity index (χ2v) is 7.26. The van der Waals surface area contributed by atoms with Gasteiger partial charge in [-0.15, -0.1) is 0 Å². The van der Waals surface area contributed by atoms with Crippen LogP contribution in [0, 0.1) is 10.1 Å². The number of aromatic amines is 1.